The highest BCUT2D eigenvalue weighted by molar-refractivity contribution is 7.99. The first-order chi connectivity index (χ1) is 11.1. The molecule has 2 amide bonds. The SMILES string of the molecule is COc1ccc(C(=O)NC(=O)CSCc2ccc(Cl)cc2)cc1. The van der Waals surface area contributed by atoms with Crippen molar-refractivity contribution in [3.8, 4) is 5.75 Å². The van der Waals surface area contributed by atoms with Crippen LogP contribution in [0.15, 0.2) is 48.5 Å². The normalized spacial score (nSPS) is 10.2. The first-order valence-corrected chi connectivity index (χ1v) is 8.42. The zero-order chi connectivity index (χ0) is 16.7. The Bertz CT molecular complexity index is 671. The number of methoxy groups -OCH3 is 1. The molecule has 0 atom stereocenters. The van der Waals surface area contributed by atoms with Crippen molar-refractivity contribution in [1.82, 2.24) is 5.32 Å². The van der Waals surface area contributed by atoms with Crippen molar-refractivity contribution in [2.24, 2.45) is 0 Å². The summed E-state index contributed by atoms with van der Waals surface area (Å²) in [4.78, 5) is 23.7. The van der Waals surface area contributed by atoms with Crippen LogP contribution in [0.5, 0.6) is 5.75 Å². The van der Waals surface area contributed by atoms with Crippen molar-refractivity contribution in [3.05, 3.63) is 64.7 Å². The number of hydrogen-bond acceptors (Lipinski definition) is 4. The molecule has 2 aromatic rings. The van der Waals surface area contributed by atoms with Gasteiger partial charge in [-0.3, -0.25) is 14.9 Å². The quantitative estimate of drug-likeness (QED) is 0.866. The van der Waals surface area contributed by atoms with Gasteiger partial charge < -0.3 is 4.74 Å². The van der Waals surface area contributed by atoms with Crippen molar-refractivity contribution in [3.63, 3.8) is 0 Å². The second-order valence-electron chi connectivity index (χ2n) is 4.73. The van der Waals surface area contributed by atoms with Gasteiger partial charge in [0.15, 0.2) is 0 Å². The summed E-state index contributed by atoms with van der Waals surface area (Å²) in [6.45, 7) is 0. The lowest BCUT2D eigenvalue weighted by Gasteiger charge is -2.05. The maximum absolute atomic E-state index is 11.9. The molecule has 6 heteroatoms. The Morgan fingerprint density at radius 3 is 2.35 bits per heavy atom. The summed E-state index contributed by atoms with van der Waals surface area (Å²) in [5.41, 5.74) is 1.50. The predicted molar refractivity (Wildman–Crippen MR) is 93.1 cm³/mol. The highest BCUT2D eigenvalue weighted by Gasteiger charge is 2.10. The summed E-state index contributed by atoms with van der Waals surface area (Å²) >= 11 is 7.25. The van der Waals surface area contributed by atoms with E-state index in [0.717, 1.165) is 5.56 Å². The summed E-state index contributed by atoms with van der Waals surface area (Å²) in [7, 11) is 1.55. The maximum Gasteiger partial charge on any atom is 0.257 e. The Morgan fingerprint density at radius 2 is 1.74 bits per heavy atom. The Balaban J connectivity index is 1.77. The largest absolute Gasteiger partial charge is 0.497 e. The number of nitrogens with one attached hydrogen (secondary N) is 1. The Labute approximate surface area is 144 Å². The van der Waals surface area contributed by atoms with E-state index in [1.807, 2.05) is 24.3 Å². The van der Waals surface area contributed by atoms with Gasteiger partial charge in [-0.2, -0.15) is 0 Å². The average Bonchev–Trinajstić information content (AvgIpc) is 2.56. The van der Waals surface area contributed by atoms with E-state index >= 15 is 0 Å². The van der Waals surface area contributed by atoms with Crippen LogP contribution >= 0.6 is 23.4 Å². The summed E-state index contributed by atoms with van der Waals surface area (Å²) < 4.78 is 5.02. The second kappa shape index (κ2) is 8.60. The molecule has 0 bridgehead atoms. The van der Waals surface area contributed by atoms with Gasteiger partial charge in [0.1, 0.15) is 5.75 Å². The molecule has 0 fully saturated rings. The van der Waals surface area contributed by atoms with E-state index in [0.29, 0.717) is 22.1 Å². The van der Waals surface area contributed by atoms with Crippen molar-refractivity contribution in [1.29, 1.82) is 0 Å². The van der Waals surface area contributed by atoms with Gasteiger partial charge in [-0.05, 0) is 42.0 Å². The number of carbonyl (C=O) groups is 2. The van der Waals surface area contributed by atoms with Crippen LogP contribution in [0.4, 0.5) is 0 Å². The average molecular weight is 350 g/mol. The van der Waals surface area contributed by atoms with Crippen molar-refractivity contribution in [2.45, 2.75) is 5.75 Å². The number of hydrogen-bond donors (Lipinski definition) is 1. The summed E-state index contributed by atoms with van der Waals surface area (Å²) in [6.07, 6.45) is 0. The molecule has 2 aromatic carbocycles. The van der Waals surface area contributed by atoms with Crippen LogP contribution in [0.3, 0.4) is 0 Å². The molecule has 0 aliphatic heterocycles. The number of benzene rings is 2. The molecule has 23 heavy (non-hydrogen) atoms. The van der Waals surface area contributed by atoms with Gasteiger partial charge in [0.2, 0.25) is 5.91 Å². The number of amides is 2. The monoisotopic (exact) mass is 349 g/mol. The number of carbonyl (C=O) groups excluding carboxylic acids is 2. The number of imide groups is 1. The first-order valence-electron chi connectivity index (χ1n) is 6.89. The molecular formula is C17H16ClNO3S. The Morgan fingerprint density at radius 1 is 1.09 bits per heavy atom. The Hall–Kier alpha value is -1.98. The minimum atomic E-state index is -0.412. The van der Waals surface area contributed by atoms with Gasteiger partial charge in [0.25, 0.3) is 5.91 Å². The molecule has 0 unspecified atom stereocenters. The lowest BCUT2D eigenvalue weighted by Crippen LogP contribution is -2.31. The summed E-state index contributed by atoms with van der Waals surface area (Å²) in [5, 5.41) is 3.05. The van der Waals surface area contributed by atoms with Crippen molar-refractivity contribution < 1.29 is 14.3 Å². The van der Waals surface area contributed by atoms with E-state index < -0.39 is 5.91 Å². The Kier molecular flexibility index (Phi) is 6.50. The van der Waals surface area contributed by atoms with Crippen LogP contribution in [0.1, 0.15) is 15.9 Å². The van der Waals surface area contributed by atoms with Crippen molar-refractivity contribution >= 4 is 35.2 Å². The van der Waals surface area contributed by atoms with E-state index in [-0.39, 0.29) is 11.7 Å². The highest BCUT2D eigenvalue weighted by Crippen LogP contribution is 2.15. The maximum atomic E-state index is 11.9. The number of thioether (sulfide) groups is 1. The molecule has 0 saturated heterocycles. The first kappa shape index (κ1) is 17.4. The third kappa shape index (κ3) is 5.62. The summed E-state index contributed by atoms with van der Waals surface area (Å²) in [6, 6.07) is 14.0. The molecule has 0 spiro atoms. The van der Waals surface area contributed by atoms with E-state index in [9.17, 15) is 9.59 Å². The molecule has 4 nitrogen and oxygen atoms in total. The zero-order valence-corrected chi connectivity index (χ0v) is 14.1. The molecule has 0 aliphatic carbocycles. The standard InChI is InChI=1S/C17H16ClNO3S/c1-22-15-8-4-13(5-9-15)17(21)19-16(20)11-23-10-12-2-6-14(18)7-3-12/h2-9H,10-11H2,1H3,(H,19,20,21). The van der Waals surface area contributed by atoms with Crippen molar-refractivity contribution in [2.75, 3.05) is 12.9 Å². The smallest absolute Gasteiger partial charge is 0.257 e. The molecule has 1 N–H and O–H groups in total. The van der Waals surface area contributed by atoms with Gasteiger partial charge in [-0.15, -0.1) is 11.8 Å². The number of rotatable bonds is 6. The van der Waals surface area contributed by atoms with E-state index in [1.54, 1.807) is 31.4 Å². The molecule has 0 saturated carbocycles. The third-order valence-corrected chi connectivity index (χ3v) is 4.28. The van der Waals surface area contributed by atoms with E-state index in [2.05, 4.69) is 5.32 Å². The minimum absolute atomic E-state index is 0.213. The molecular weight excluding hydrogens is 334 g/mol. The molecule has 0 aromatic heterocycles. The molecule has 120 valence electrons. The fraction of sp³-hybridized carbons (Fsp3) is 0.176. The predicted octanol–water partition coefficient (Wildman–Crippen LogP) is 3.54. The van der Waals surface area contributed by atoms with Gasteiger partial charge in [0.05, 0.1) is 12.9 Å². The zero-order valence-electron chi connectivity index (χ0n) is 12.5. The van der Waals surface area contributed by atoms with Crippen LogP contribution in [-0.4, -0.2) is 24.7 Å². The summed E-state index contributed by atoms with van der Waals surface area (Å²) in [5.74, 6) is 0.826. The minimum Gasteiger partial charge on any atom is -0.497 e. The fourth-order valence-corrected chi connectivity index (χ4v) is 2.73. The lowest BCUT2D eigenvalue weighted by atomic mass is 10.2. The molecule has 0 radical (unpaired) electrons. The molecule has 0 aliphatic rings. The fourth-order valence-electron chi connectivity index (χ4n) is 1.82. The van der Waals surface area contributed by atoms with Crippen LogP contribution in [0.25, 0.3) is 0 Å². The number of ether oxygens (including phenoxy) is 1. The topological polar surface area (TPSA) is 55.4 Å². The molecule has 0 heterocycles. The van der Waals surface area contributed by atoms with Gasteiger partial charge >= 0.3 is 0 Å². The van der Waals surface area contributed by atoms with E-state index in [4.69, 9.17) is 16.3 Å². The van der Waals surface area contributed by atoms with Gasteiger partial charge in [-0.1, -0.05) is 23.7 Å². The van der Waals surface area contributed by atoms with Gasteiger partial charge in [0, 0.05) is 16.3 Å². The highest BCUT2D eigenvalue weighted by atomic mass is 35.5. The second-order valence-corrected chi connectivity index (χ2v) is 6.15. The third-order valence-electron chi connectivity index (χ3n) is 3.02. The van der Waals surface area contributed by atoms with Crippen LogP contribution < -0.4 is 10.1 Å². The van der Waals surface area contributed by atoms with Crippen LogP contribution in [0.2, 0.25) is 5.02 Å². The van der Waals surface area contributed by atoms with Crippen LogP contribution in [0, 0.1) is 0 Å². The number of halogens is 1. The van der Waals surface area contributed by atoms with E-state index in [1.165, 1.54) is 11.8 Å². The van der Waals surface area contributed by atoms with Gasteiger partial charge in [-0.25, -0.2) is 0 Å². The van der Waals surface area contributed by atoms with Crippen LogP contribution in [-0.2, 0) is 10.5 Å². The molecule has 2 rings (SSSR count). The lowest BCUT2D eigenvalue weighted by molar-refractivity contribution is -0.117.